The maximum atomic E-state index is 9.21. The Labute approximate surface area is 109 Å². The molecule has 0 amide bonds. The third kappa shape index (κ3) is 2.18. The maximum Gasteiger partial charge on any atom is 0.101 e. The second-order valence-corrected chi connectivity index (χ2v) is 5.99. The highest BCUT2D eigenvalue weighted by Gasteiger charge is 2.21. The van der Waals surface area contributed by atoms with Gasteiger partial charge in [-0.3, -0.25) is 4.98 Å². The van der Waals surface area contributed by atoms with Crippen LogP contribution < -0.4 is 0 Å². The van der Waals surface area contributed by atoms with Crippen LogP contribution in [0.2, 0.25) is 0 Å². The smallest absolute Gasteiger partial charge is 0.101 e. The van der Waals surface area contributed by atoms with E-state index >= 15 is 0 Å². The monoisotopic (exact) mass is 288 g/mol. The van der Waals surface area contributed by atoms with Crippen molar-refractivity contribution >= 4 is 26.8 Å². The van der Waals surface area contributed by atoms with E-state index in [1.54, 1.807) is 6.20 Å². The first kappa shape index (κ1) is 12.1. The standard InChI is InChI=1S/C14H13BrN2/c1-14(2,3)13-9(7-16)8-17-12-5-4-10(15)6-11(12)13/h4-6,8H,1-3H3. The van der Waals surface area contributed by atoms with Crippen LogP contribution in [-0.2, 0) is 5.41 Å². The number of nitrogens with zero attached hydrogens (tertiary/aromatic N) is 2. The van der Waals surface area contributed by atoms with Gasteiger partial charge in [-0.25, -0.2) is 0 Å². The molecule has 0 aliphatic heterocycles. The molecule has 2 rings (SSSR count). The van der Waals surface area contributed by atoms with Gasteiger partial charge in [0.25, 0.3) is 0 Å². The van der Waals surface area contributed by atoms with Crippen LogP contribution in [0.5, 0.6) is 0 Å². The Bertz CT molecular complexity index is 618. The van der Waals surface area contributed by atoms with E-state index in [1.807, 2.05) is 18.2 Å². The molecule has 86 valence electrons. The van der Waals surface area contributed by atoms with Gasteiger partial charge >= 0.3 is 0 Å². The summed E-state index contributed by atoms with van der Waals surface area (Å²) in [4.78, 5) is 4.32. The summed E-state index contributed by atoms with van der Waals surface area (Å²) in [7, 11) is 0. The van der Waals surface area contributed by atoms with Crippen molar-refractivity contribution in [3.63, 3.8) is 0 Å². The van der Waals surface area contributed by atoms with E-state index < -0.39 is 0 Å². The molecule has 3 heteroatoms. The van der Waals surface area contributed by atoms with E-state index in [4.69, 9.17) is 0 Å². The van der Waals surface area contributed by atoms with Crippen LogP contribution in [0, 0.1) is 11.3 Å². The largest absolute Gasteiger partial charge is 0.255 e. The van der Waals surface area contributed by atoms with Crippen LogP contribution in [0.25, 0.3) is 10.9 Å². The van der Waals surface area contributed by atoms with Gasteiger partial charge in [-0.15, -0.1) is 0 Å². The van der Waals surface area contributed by atoms with Crippen molar-refractivity contribution in [3.8, 4) is 6.07 Å². The minimum atomic E-state index is -0.0763. The molecule has 1 aromatic carbocycles. The summed E-state index contributed by atoms with van der Waals surface area (Å²) in [5, 5.41) is 10.3. The summed E-state index contributed by atoms with van der Waals surface area (Å²) < 4.78 is 1.01. The van der Waals surface area contributed by atoms with Crippen molar-refractivity contribution in [2.45, 2.75) is 26.2 Å². The number of halogens is 1. The Morgan fingerprint density at radius 1 is 1.29 bits per heavy atom. The van der Waals surface area contributed by atoms with E-state index in [9.17, 15) is 5.26 Å². The van der Waals surface area contributed by atoms with E-state index in [2.05, 4.69) is 47.8 Å². The molecule has 2 aromatic rings. The molecule has 17 heavy (non-hydrogen) atoms. The molecule has 0 saturated carbocycles. The Kier molecular flexibility index (Phi) is 2.92. The molecule has 0 atom stereocenters. The first-order chi connectivity index (χ1) is 7.93. The molecule has 0 spiro atoms. The number of nitriles is 1. The lowest BCUT2D eigenvalue weighted by molar-refractivity contribution is 0.593. The lowest BCUT2D eigenvalue weighted by atomic mass is 9.82. The predicted molar refractivity (Wildman–Crippen MR) is 72.9 cm³/mol. The molecular weight excluding hydrogens is 276 g/mol. The van der Waals surface area contributed by atoms with Gasteiger partial charge < -0.3 is 0 Å². The highest BCUT2D eigenvalue weighted by Crippen LogP contribution is 2.33. The van der Waals surface area contributed by atoms with E-state index in [-0.39, 0.29) is 5.41 Å². The SMILES string of the molecule is CC(C)(C)c1c(C#N)cnc2ccc(Br)cc12. The van der Waals surface area contributed by atoms with Crippen LogP contribution in [0.1, 0.15) is 31.9 Å². The average Bonchev–Trinajstić information content (AvgIpc) is 2.25. The normalized spacial score (nSPS) is 11.5. The molecule has 0 fully saturated rings. The van der Waals surface area contributed by atoms with Gasteiger partial charge in [-0.2, -0.15) is 5.26 Å². The minimum Gasteiger partial charge on any atom is -0.255 e. The van der Waals surface area contributed by atoms with Crippen molar-refractivity contribution in [2.75, 3.05) is 0 Å². The zero-order chi connectivity index (χ0) is 12.6. The van der Waals surface area contributed by atoms with Gasteiger partial charge in [0.05, 0.1) is 11.1 Å². The molecule has 1 aromatic heterocycles. The highest BCUT2D eigenvalue weighted by molar-refractivity contribution is 9.10. The number of pyridine rings is 1. The number of rotatable bonds is 0. The van der Waals surface area contributed by atoms with Crippen LogP contribution in [0.15, 0.2) is 28.9 Å². The minimum absolute atomic E-state index is 0.0763. The van der Waals surface area contributed by atoms with E-state index in [1.165, 1.54) is 0 Å². The van der Waals surface area contributed by atoms with E-state index in [0.29, 0.717) is 5.56 Å². The number of fused-ring (bicyclic) bond motifs is 1. The van der Waals surface area contributed by atoms with Crippen molar-refractivity contribution < 1.29 is 0 Å². The number of benzene rings is 1. The van der Waals surface area contributed by atoms with Crippen LogP contribution in [-0.4, -0.2) is 4.98 Å². The summed E-state index contributed by atoms with van der Waals surface area (Å²) in [5.41, 5.74) is 2.57. The van der Waals surface area contributed by atoms with Gasteiger partial charge in [0.2, 0.25) is 0 Å². The van der Waals surface area contributed by atoms with E-state index in [0.717, 1.165) is 20.9 Å². The van der Waals surface area contributed by atoms with Crippen LogP contribution in [0.3, 0.4) is 0 Å². The lowest BCUT2D eigenvalue weighted by Gasteiger charge is -2.22. The lowest BCUT2D eigenvalue weighted by Crippen LogP contribution is -2.14. The first-order valence-corrected chi connectivity index (χ1v) is 6.21. The van der Waals surface area contributed by atoms with Crippen molar-refractivity contribution in [2.24, 2.45) is 0 Å². The van der Waals surface area contributed by atoms with Crippen molar-refractivity contribution in [1.82, 2.24) is 4.98 Å². The van der Waals surface area contributed by atoms with Crippen molar-refractivity contribution in [1.29, 1.82) is 5.26 Å². The number of aromatic nitrogens is 1. The summed E-state index contributed by atoms with van der Waals surface area (Å²) in [6, 6.07) is 8.20. The molecule has 0 aliphatic carbocycles. The highest BCUT2D eigenvalue weighted by atomic mass is 79.9. The molecule has 0 N–H and O–H groups in total. The molecule has 0 radical (unpaired) electrons. The van der Waals surface area contributed by atoms with Gasteiger partial charge in [0.1, 0.15) is 6.07 Å². The second-order valence-electron chi connectivity index (χ2n) is 5.07. The van der Waals surface area contributed by atoms with Gasteiger partial charge in [0, 0.05) is 16.1 Å². The second kappa shape index (κ2) is 4.12. The third-order valence-electron chi connectivity index (χ3n) is 2.70. The van der Waals surface area contributed by atoms with Gasteiger partial charge in [-0.1, -0.05) is 36.7 Å². The zero-order valence-electron chi connectivity index (χ0n) is 10.1. The van der Waals surface area contributed by atoms with Crippen LogP contribution >= 0.6 is 15.9 Å². The number of hydrogen-bond acceptors (Lipinski definition) is 2. The molecule has 1 heterocycles. The molecule has 0 unspecified atom stereocenters. The predicted octanol–water partition coefficient (Wildman–Crippen LogP) is 4.17. The van der Waals surface area contributed by atoms with Gasteiger partial charge in [0.15, 0.2) is 0 Å². The summed E-state index contributed by atoms with van der Waals surface area (Å²) in [6.07, 6.45) is 1.66. The fourth-order valence-electron chi connectivity index (χ4n) is 2.06. The third-order valence-corrected chi connectivity index (χ3v) is 3.19. The number of hydrogen-bond donors (Lipinski definition) is 0. The quantitative estimate of drug-likeness (QED) is 0.730. The summed E-state index contributed by atoms with van der Waals surface area (Å²) in [5.74, 6) is 0. The van der Waals surface area contributed by atoms with Crippen LogP contribution in [0.4, 0.5) is 0 Å². The fourth-order valence-corrected chi connectivity index (χ4v) is 2.42. The molecular formula is C14H13BrN2. The average molecular weight is 289 g/mol. The Morgan fingerprint density at radius 2 is 2.00 bits per heavy atom. The topological polar surface area (TPSA) is 36.7 Å². The zero-order valence-corrected chi connectivity index (χ0v) is 11.7. The molecule has 0 bridgehead atoms. The molecule has 0 saturated heterocycles. The Hall–Kier alpha value is -1.40. The summed E-state index contributed by atoms with van der Waals surface area (Å²) >= 11 is 3.47. The van der Waals surface area contributed by atoms with Crippen molar-refractivity contribution in [3.05, 3.63) is 40.0 Å². The summed E-state index contributed by atoms with van der Waals surface area (Å²) in [6.45, 7) is 6.34. The Morgan fingerprint density at radius 3 is 2.59 bits per heavy atom. The fraction of sp³-hybridized carbons (Fsp3) is 0.286. The molecule has 2 nitrogen and oxygen atoms in total. The Balaban J connectivity index is 2.93. The van der Waals surface area contributed by atoms with Gasteiger partial charge in [-0.05, 0) is 29.2 Å². The first-order valence-electron chi connectivity index (χ1n) is 5.42. The molecule has 0 aliphatic rings. The maximum absolute atomic E-state index is 9.21.